The summed E-state index contributed by atoms with van der Waals surface area (Å²) >= 11 is 6.07. The van der Waals surface area contributed by atoms with E-state index in [1.165, 1.54) is 5.56 Å². The van der Waals surface area contributed by atoms with Crippen LogP contribution in [0.15, 0.2) is 42.5 Å². The van der Waals surface area contributed by atoms with E-state index in [4.69, 9.17) is 11.6 Å². The summed E-state index contributed by atoms with van der Waals surface area (Å²) in [5, 5.41) is 6.93. The summed E-state index contributed by atoms with van der Waals surface area (Å²) in [6.45, 7) is 5.16. The van der Waals surface area contributed by atoms with Crippen molar-refractivity contribution in [3.05, 3.63) is 64.2 Å². The van der Waals surface area contributed by atoms with Crippen molar-refractivity contribution in [2.24, 2.45) is 0 Å². The zero-order chi connectivity index (χ0) is 15.9. The van der Waals surface area contributed by atoms with Gasteiger partial charge in [0.15, 0.2) is 0 Å². The highest BCUT2D eigenvalue weighted by atomic mass is 35.5. The number of aryl methyl sites for hydroxylation is 1. The number of carbonyl (C=O) groups is 1. The molecule has 2 N–H and O–H groups in total. The van der Waals surface area contributed by atoms with Crippen molar-refractivity contribution in [1.29, 1.82) is 0 Å². The Hall–Kier alpha value is -2.00. The van der Waals surface area contributed by atoms with E-state index in [-0.39, 0.29) is 5.91 Å². The number of benzene rings is 2. The van der Waals surface area contributed by atoms with Crippen LogP contribution in [-0.4, -0.2) is 12.5 Å². The van der Waals surface area contributed by atoms with E-state index >= 15 is 0 Å². The lowest BCUT2D eigenvalue weighted by Gasteiger charge is -2.11. The third-order valence-corrected chi connectivity index (χ3v) is 4.08. The van der Waals surface area contributed by atoms with Gasteiger partial charge < -0.3 is 10.6 Å². The number of carbonyl (C=O) groups excluding carboxylic acids is 1. The van der Waals surface area contributed by atoms with Gasteiger partial charge in [-0.05, 0) is 42.7 Å². The first-order chi connectivity index (χ1) is 10.6. The largest absolute Gasteiger partial charge is 0.384 e. The van der Waals surface area contributed by atoms with E-state index in [2.05, 4.69) is 10.6 Å². The summed E-state index contributed by atoms with van der Waals surface area (Å²) in [6.07, 6.45) is 0.428. The lowest BCUT2D eigenvalue weighted by molar-refractivity contribution is -0.121. The molecule has 2 aromatic carbocycles. The normalized spacial score (nSPS) is 10.3. The fourth-order valence-corrected chi connectivity index (χ4v) is 2.37. The van der Waals surface area contributed by atoms with Crippen molar-refractivity contribution >= 4 is 23.2 Å². The zero-order valence-corrected chi connectivity index (χ0v) is 13.7. The van der Waals surface area contributed by atoms with E-state index < -0.39 is 0 Å². The second-order valence-corrected chi connectivity index (χ2v) is 5.70. The van der Waals surface area contributed by atoms with Crippen LogP contribution in [0, 0.1) is 13.8 Å². The van der Waals surface area contributed by atoms with Gasteiger partial charge in [0.05, 0.1) is 0 Å². The summed E-state index contributed by atoms with van der Waals surface area (Å²) in [7, 11) is 0. The monoisotopic (exact) mass is 316 g/mol. The molecular formula is C18H21ClN2O. The van der Waals surface area contributed by atoms with Crippen LogP contribution >= 0.6 is 11.6 Å². The topological polar surface area (TPSA) is 41.1 Å². The number of hydrogen-bond donors (Lipinski definition) is 2. The number of nitrogens with one attached hydrogen (secondary N) is 2. The van der Waals surface area contributed by atoms with E-state index in [0.29, 0.717) is 19.5 Å². The van der Waals surface area contributed by atoms with Gasteiger partial charge in [-0.2, -0.15) is 0 Å². The van der Waals surface area contributed by atoms with E-state index in [9.17, 15) is 4.79 Å². The highest BCUT2D eigenvalue weighted by Crippen LogP contribution is 2.22. The zero-order valence-electron chi connectivity index (χ0n) is 12.9. The molecule has 0 aromatic heterocycles. The van der Waals surface area contributed by atoms with Gasteiger partial charge in [0.2, 0.25) is 5.91 Å². The maximum Gasteiger partial charge on any atom is 0.222 e. The maximum absolute atomic E-state index is 11.9. The second kappa shape index (κ2) is 7.85. The highest BCUT2D eigenvalue weighted by molar-refractivity contribution is 6.31. The second-order valence-electron chi connectivity index (χ2n) is 5.29. The third kappa shape index (κ3) is 4.50. The van der Waals surface area contributed by atoms with Crippen LogP contribution in [-0.2, 0) is 11.3 Å². The minimum Gasteiger partial charge on any atom is -0.384 e. The van der Waals surface area contributed by atoms with Gasteiger partial charge in [0, 0.05) is 30.2 Å². The highest BCUT2D eigenvalue weighted by Gasteiger charge is 2.05. The number of rotatable bonds is 6. The summed E-state index contributed by atoms with van der Waals surface area (Å²) in [6, 6.07) is 13.8. The van der Waals surface area contributed by atoms with Crippen LogP contribution in [0.4, 0.5) is 5.69 Å². The Kier molecular flexibility index (Phi) is 5.84. The predicted octanol–water partition coefficient (Wildman–Crippen LogP) is 4.08. The fourth-order valence-electron chi connectivity index (χ4n) is 2.20. The number of amides is 1. The van der Waals surface area contributed by atoms with Crippen LogP contribution in [0.5, 0.6) is 0 Å². The van der Waals surface area contributed by atoms with Gasteiger partial charge in [-0.1, -0.05) is 41.9 Å². The first-order valence-electron chi connectivity index (χ1n) is 7.38. The number of anilines is 1. The molecule has 0 bridgehead atoms. The molecule has 0 aliphatic carbocycles. The molecule has 116 valence electrons. The molecule has 3 nitrogen and oxygen atoms in total. The molecular weight excluding hydrogens is 296 g/mol. The van der Waals surface area contributed by atoms with Crippen LogP contribution in [0.1, 0.15) is 23.1 Å². The Labute approximate surface area is 136 Å². The van der Waals surface area contributed by atoms with E-state index in [0.717, 1.165) is 21.8 Å². The van der Waals surface area contributed by atoms with E-state index in [1.807, 2.05) is 56.3 Å². The predicted molar refractivity (Wildman–Crippen MR) is 92.3 cm³/mol. The summed E-state index contributed by atoms with van der Waals surface area (Å²) < 4.78 is 0. The van der Waals surface area contributed by atoms with Gasteiger partial charge in [-0.25, -0.2) is 0 Å². The average Bonchev–Trinajstić information content (AvgIpc) is 2.51. The van der Waals surface area contributed by atoms with Crippen LogP contribution in [0.25, 0.3) is 0 Å². The number of hydrogen-bond acceptors (Lipinski definition) is 2. The summed E-state index contributed by atoms with van der Waals surface area (Å²) in [5.41, 5.74) is 4.31. The molecule has 2 rings (SSSR count). The molecule has 0 saturated heterocycles. The van der Waals surface area contributed by atoms with Crippen molar-refractivity contribution in [2.75, 3.05) is 11.9 Å². The minimum absolute atomic E-state index is 0.0374. The molecule has 22 heavy (non-hydrogen) atoms. The molecule has 1 amide bonds. The van der Waals surface area contributed by atoms with Crippen LogP contribution in [0.2, 0.25) is 5.02 Å². The molecule has 0 aliphatic rings. The molecule has 0 spiro atoms. The van der Waals surface area contributed by atoms with Crippen molar-refractivity contribution in [2.45, 2.75) is 26.8 Å². The Morgan fingerprint density at radius 1 is 1.09 bits per heavy atom. The van der Waals surface area contributed by atoms with Gasteiger partial charge in [0.25, 0.3) is 0 Å². The molecule has 0 atom stereocenters. The minimum atomic E-state index is 0.0374. The lowest BCUT2D eigenvalue weighted by Crippen LogP contribution is -2.25. The Morgan fingerprint density at radius 3 is 2.64 bits per heavy atom. The average molecular weight is 317 g/mol. The molecule has 4 heteroatoms. The molecule has 2 aromatic rings. The molecule has 0 heterocycles. The first kappa shape index (κ1) is 16.4. The van der Waals surface area contributed by atoms with Gasteiger partial charge in [-0.3, -0.25) is 4.79 Å². The molecule has 0 aliphatic heterocycles. The molecule has 0 radical (unpaired) electrons. The van der Waals surface area contributed by atoms with Crippen molar-refractivity contribution in [3.8, 4) is 0 Å². The summed E-state index contributed by atoms with van der Waals surface area (Å²) in [5.74, 6) is 0.0374. The molecule has 0 fully saturated rings. The number of halogens is 1. The van der Waals surface area contributed by atoms with Crippen LogP contribution in [0.3, 0.4) is 0 Å². The van der Waals surface area contributed by atoms with Crippen molar-refractivity contribution in [1.82, 2.24) is 5.32 Å². The van der Waals surface area contributed by atoms with Crippen molar-refractivity contribution < 1.29 is 4.79 Å². The SMILES string of the molecule is Cc1ccccc1CNC(=O)CCNc1cccc(Cl)c1C. The van der Waals surface area contributed by atoms with Gasteiger partial charge >= 0.3 is 0 Å². The third-order valence-electron chi connectivity index (χ3n) is 3.67. The van der Waals surface area contributed by atoms with Crippen molar-refractivity contribution in [3.63, 3.8) is 0 Å². The molecule has 0 saturated carbocycles. The lowest BCUT2D eigenvalue weighted by atomic mass is 10.1. The van der Waals surface area contributed by atoms with Crippen LogP contribution < -0.4 is 10.6 Å². The van der Waals surface area contributed by atoms with E-state index in [1.54, 1.807) is 0 Å². The van der Waals surface area contributed by atoms with Gasteiger partial charge in [0.1, 0.15) is 0 Å². The summed E-state index contributed by atoms with van der Waals surface area (Å²) in [4.78, 5) is 11.9. The first-order valence-corrected chi connectivity index (χ1v) is 7.76. The maximum atomic E-state index is 11.9. The molecule has 0 unspecified atom stereocenters. The van der Waals surface area contributed by atoms with Gasteiger partial charge in [-0.15, -0.1) is 0 Å². The fraction of sp³-hybridized carbons (Fsp3) is 0.278. The Morgan fingerprint density at radius 2 is 1.86 bits per heavy atom. The smallest absolute Gasteiger partial charge is 0.222 e. The Balaban J connectivity index is 1.76. The standard InChI is InChI=1S/C18H21ClN2O/c1-13-6-3-4-7-15(13)12-21-18(22)10-11-20-17-9-5-8-16(19)14(17)2/h3-9,20H,10-12H2,1-2H3,(H,21,22). The quantitative estimate of drug-likeness (QED) is 0.843. The Bertz CT molecular complexity index is 655.